The maximum Gasteiger partial charge on any atom is 0.307 e. The van der Waals surface area contributed by atoms with Crippen molar-refractivity contribution in [1.29, 1.82) is 0 Å². The molecule has 0 radical (unpaired) electrons. The van der Waals surface area contributed by atoms with Crippen LogP contribution >= 0.6 is 15.9 Å². The van der Waals surface area contributed by atoms with Crippen LogP contribution in [0.5, 0.6) is 11.5 Å². The predicted octanol–water partition coefficient (Wildman–Crippen LogP) is 3.78. The second-order valence-corrected chi connectivity index (χ2v) is 5.05. The Morgan fingerprint density at radius 1 is 1.29 bits per heavy atom. The number of nitro benzene ring substituents is 1. The van der Waals surface area contributed by atoms with Crippen LogP contribution < -0.4 is 4.74 Å². The lowest BCUT2D eigenvalue weighted by molar-refractivity contribution is -0.384. The molecular weight excluding hydrogens is 342 g/mol. The summed E-state index contributed by atoms with van der Waals surface area (Å²) >= 11 is 3.21. The summed E-state index contributed by atoms with van der Waals surface area (Å²) in [5, 5.41) is 19.4. The summed E-state index contributed by atoms with van der Waals surface area (Å²) in [4.78, 5) is 20.8. The Hall–Kier alpha value is -2.41. The van der Waals surface area contributed by atoms with Gasteiger partial charge in [-0.25, -0.2) is 0 Å². The Balaban J connectivity index is 2.22. The van der Waals surface area contributed by atoms with Crippen LogP contribution in [0.15, 0.2) is 46.9 Å². The average Bonchev–Trinajstić information content (AvgIpc) is 2.40. The van der Waals surface area contributed by atoms with Crippen LogP contribution in [0.2, 0.25) is 0 Å². The van der Waals surface area contributed by atoms with Crippen molar-refractivity contribution in [2.75, 3.05) is 0 Å². The first-order chi connectivity index (χ1) is 9.95. The number of hydrogen-bond donors (Lipinski definition) is 1. The van der Waals surface area contributed by atoms with E-state index in [2.05, 4.69) is 15.9 Å². The molecule has 2 aromatic carbocycles. The zero-order chi connectivity index (χ0) is 15.4. The molecule has 0 aliphatic heterocycles. The summed E-state index contributed by atoms with van der Waals surface area (Å²) in [6.45, 7) is 0. The molecule has 1 N–H and O–H groups in total. The standard InChI is InChI=1S/C14H10BrNO5/c15-12-8-10(16(19)20)4-5-13(12)21-11-3-1-2-9(6-11)7-14(17)18/h1-6,8H,7H2,(H,17,18). The van der Waals surface area contributed by atoms with E-state index in [4.69, 9.17) is 9.84 Å². The third-order valence-electron chi connectivity index (χ3n) is 2.61. The SMILES string of the molecule is O=C(O)Cc1cccc(Oc2ccc([N+](=O)[O-])cc2Br)c1. The van der Waals surface area contributed by atoms with Crippen molar-refractivity contribution in [3.8, 4) is 11.5 Å². The first-order valence-corrected chi connectivity index (χ1v) is 6.67. The first kappa shape index (κ1) is 15.0. The Morgan fingerprint density at radius 3 is 2.67 bits per heavy atom. The fraction of sp³-hybridized carbons (Fsp3) is 0.0714. The minimum Gasteiger partial charge on any atom is -0.481 e. The molecule has 0 aliphatic carbocycles. The molecule has 108 valence electrons. The van der Waals surface area contributed by atoms with E-state index >= 15 is 0 Å². The Labute approximate surface area is 128 Å². The third-order valence-corrected chi connectivity index (χ3v) is 3.23. The van der Waals surface area contributed by atoms with E-state index in [-0.39, 0.29) is 12.1 Å². The monoisotopic (exact) mass is 351 g/mol. The van der Waals surface area contributed by atoms with E-state index in [9.17, 15) is 14.9 Å². The van der Waals surface area contributed by atoms with Gasteiger partial charge in [0.15, 0.2) is 0 Å². The highest BCUT2D eigenvalue weighted by atomic mass is 79.9. The summed E-state index contributed by atoms with van der Waals surface area (Å²) in [6.07, 6.45) is -0.0986. The number of non-ortho nitro benzene ring substituents is 1. The highest BCUT2D eigenvalue weighted by molar-refractivity contribution is 9.10. The Kier molecular flexibility index (Phi) is 4.54. The van der Waals surface area contributed by atoms with Crippen molar-refractivity contribution in [2.24, 2.45) is 0 Å². The lowest BCUT2D eigenvalue weighted by Crippen LogP contribution is -1.99. The van der Waals surface area contributed by atoms with Crippen LogP contribution in [0.1, 0.15) is 5.56 Å². The van der Waals surface area contributed by atoms with E-state index < -0.39 is 10.9 Å². The molecule has 0 heterocycles. The second-order valence-electron chi connectivity index (χ2n) is 4.19. The number of halogens is 1. The topological polar surface area (TPSA) is 89.7 Å². The number of nitrogens with zero attached hydrogens (tertiary/aromatic N) is 1. The number of ether oxygens (including phenoxy) is 1. The summed E-state index contributed by atoms with van der Waals surface area (Å²) in [5.74, 6) is -0.0555. The van der Waals surface area contributed by atoms with E-state index in [0.29, 0.717) is 21.5 Å². The molecule has 0 atom stereocenters. The maximum atomic E-state index is 10.7. The van der Waals surface area contributed by atoms with Crippen molar-refractivity contribution in [3.63, 3.8) is 0 Å². The van der Waals surface area contributed by atoms with Gasteiger partial charge in [-0.3, -0.25) is 14.9 Å². The molecule has 21 heavy (non-hydrogen) atoms. The van der Waals surface area contributed by atoms with Crippen LogP contribution in [0.4, 0.5) is 5.69 Å². The fourth-order valence-electron chi connectivity index (χ4n) is 1.71. The number of carboxylic acid groups (broad SMARTS) is 1. The van der Waals surface area contributed by atoms with Crippen molar-refractivity contribution < 1.29 is 19.6 Å². The van der Waals surface area contributed by atoms with Crippen LogP contribution in [0.25, 0.3) is 0 Å². The van der Waals surface area contributed by atoms with Crippen molar-refractivity contribution in [2.45, 2.75) is 6.42 Å². The number of carboxylic acids is 1. The van der Waals surface area contributed by atoms with Crippen LogP contribution in [0.3, 0.4) is 0 Å². The van der Waals surface area contributed by atoms with Gasteiger partial charge in [0.25, 0.3) is 5.69 Å². The van der Waals surface area contributed by atoms with Gasteiger partial charge < -0.3 is 9.84 Å². The fourth-order valence-corrected chi connectivity index (χ4v) is 2.15. The average molecular weight is 352 g/mol. The summed E-state index contributed by atoms with van der Waals surface area (Å²) in [7, 11) is 0. The maximum absolute atomic E-state index is 10.7. The molecule has 0 fully saturated rings. The molecule has 0 bridgehead atoms. The molecule has 0 saturated heterocycles. The summed E-state index contributed by atoms with van der Waals surface area (Å²) in [5.41, 5.74) is 0.562. The first-order valence-electron chi connectivity index (χ1n) is 5.88. The molecule has 2 rings (SSSR count). The van der Waals surface area contributed by atoms with Crippen LogP contribution in [0, 0.1) is 10.1 Å². The molecule has 6 nitrogen and oxygen atoms in total. The molecule has 2 aromatic rings. The van der Waals surface area contributed by atoms with Gasteiger partial charge in [-0.15, -0.1) is 0 Å². The minimum atomic E-state index is -0.927. The summed E-state index contributed by atoms with van der Waals surface area (Å²) in [6, 6.07) is 10.8. The second kappa shape index (κ2) is 6.36. The highest BCUT2D eigenvalue weighted by Gasteiger charge is 2.11. The number of hydrogen-bond acceptors (Lipinski definition) is 4. The molecule has 0 amide bonds. The number of rotatable bonds is 5. The van der Waals surface area contributed by atoms with Gasteiger partial charge >= 0.3 is 5.97 Å². The number of carbonyl (C=O) groups is 1. The number of benzene rings is 2. The zero-order valence-electron chi connectivity index (χ0n) is 10.7. The predicted molar refractivity (Wildman–Crippen MR) is 78.7 cm³/mol. The van der Waals surface area contributed by atoms with Crippen LogP contribution in [-0.4, -0.2) is 16.0 Å². The lowest BCUT2D eigenvalue weighted by atomic mass is 10.1. The Morgan fingerprint density at radius 2 is 2.05 bits per heavy atom. The van der Waals surface area contributed by atoms with Gasteiger partial charge in [0, 0.05) is 12.1 Å². The molecule has 0 unspecified atom stereocenters. The number of aliphatic carboxylic acids is 1. The van der Waals surface area contributed by atoms with E-state index in [1.165, 1.54) is 18.2 Å². The third kappa shape index (κ3) is 4.03. The molecule has 0 spiro atoms. The normalized spacial score (nSPS) is 10.1. The van der Waals surface area contributed by atoms with Crippen molar-refractivity contribution in [1.82, 2.24) is 0 Å². The Bertz CT molecular complexity index is 702. The van der Waals surface area contributed by atoms with Gasteiger partial charge in [0.2, 0.25) is 0 Å². The van der Waals surface area contributed by atoms with Gasteiger partial charge in [0.05, 0.1) is 15.8 Å². The van der Waals surface area contributed by atoms with Crippen molar-refractivity contribution in [3.05, 3.63) is 62.6 Å². The number of nitro groups is 1. The zero-order valence-corrected chi connectivity index (χ0v) is 12.2. The van der Waals surface area contributed by atoms with E-state index in [1.807, 2.05) is 0 Å². The lowest BCUT2D eigenvalue weighted by Gasteiger charge is -2.08. The van der Waals surface area contributed by atoms with Crippen molar-refractivity contribution >= 4 is 27.6 Å². The quantitative estimate of drug-likeness (QED) is 0.653. The van der Waals surface area contributed by atoms with E-state index in [0.717, 1.165) is 0 Å². The van der Waals surface area contributed by atoms with Gasteiger partial charge in [-0.2, -0.15) is 0 Å². The van der Waals surface area contributed by atoms with Gasteiger partial charge in [0.1, 0.15) is 11.5 Å². The molecular formula is C14H10BrNO5. The minimum absolute atomic E-state index is 0.0474. The molecule has 0 saturated carbocycles. The summed E-state index contributed by atoms with van der Waals surface area (Å²) < 4.78 is 6.05. The molecule has 0 aromatic heterocycles. The van der Waals surface area contributed by atoms with E-state index in [1.54, 1.807) is 24.3 Å². The highest BCUT2D eigenvalue weighted by Crippen LogP contribution is 2.32. The van der Waals surface area contributed by atoms with Gasteiger partial charge in [-0.05, 0) is 39.7 Å². The van der Waals surface area contributed by atoms with Gasteiger partial charge in [-0.1, -0.05) is 12.1 Å². The molecule has 7 heteroatoms. The largest absolute Gasteiger partial charge is 0.481 e. The molecule has 0 aliphatic rings. The smallest absolute Gasteiger partial charge is 0.307 e. The van der Waals surface area contributed by atoms with Crippen LogP contribution in [-0.2, 0) is 11.2 Å².